The Morgan fingerprint density at radius 1 is 1.11 bits per heavy atom. The SMILES string of the molecule is Cc1ccc(C2C(c3ccc(F)cc3)=NN(c3ccc(F)cc3F)C2(C)C(=O)NCCCC(C)(C)CO)s1. The van der Waals surface area contributed by atoms with Crippen molar-refractivity contribution in [2.45, 2.75) is 52.0 Å². The first kappa shape index (κ1) is 27.9. The van der Waals surface area contributed by atoms with Gasteiger partial charge >= 0.3 is 0 Å². The molecule has 5 nitrogen and oxygen atoms in total. The molecule has 1 aliphatic rings. The van der Waals surface area contributed by atoms with Crippen molar-refractivity contribution >= 4 is 28.6 Å². The predicted octanol–water partition coefficient (Wildman–Crippen LogP) is 6.16. The lowest BCUT2D eigenvalue weighted by atomic mass is 9.78. The summed E-state index contributed by atoms with van der Waals surface area (Å²) in [6.45, 7) is 7.93. The quantitative estimate of drug-likeness (QED) is 0.318. The highest BCUT2D eigenvalue weighted by molar-refractivity contribution is 7.12. The molecular weight excluding hydrogens is 511 g/mol. The monoisotopic (exact) mass is 543 g/mol. The second-order valence-corrected chi connectivity index (χ2v) is 11.9. The molecule has 0 spiro atoms. The van der Waals surface area contributed by atoms with E-state index in [1.54, 1.807) is 19.1 Å². The standard InChI is InChI=1S/C29H32F3N3O2S/c1-18-6-13-24(38-18)25-26(19-7-9-20(30)10-8-19)34-35(23-12-11-21(31)16-22(23)32)29(25,4)27(37)33-15-5-14-28(2,3)17-36/h6-13,16,25,36H,5,14-15,17H2,1-4H3,(H,33,37). The Morgan fingerprint density at radius 2 is 1.79 bits per heavy atom. The van der Waals surface area contributed by atoms with Gasteiger partial charge in [0.25, 0.3) is 0 Å². The third-order valence-corrected chi connectivity index (χ3v) is 8.08. The number of rotatable bonds is 9. The molecule has 2 heterocycles. The van der Waals surface area contributed by atoms with Crippen LogP contribution in [0.4, 0.5) is 18.9 Å². The van der Waals surface area contributed by atoms with Crippen LogP contribution in [0, 0.1) is 29.8 Å². The van der Waals surface area contributed by atoms with Crippen LogP contribution in [0.1, 0.15) is 54.8 Å². The third-order valence-electron chi connectivity index (χ3n) is 7.01. The molecule has 0 saturated heterocycles. The molecule has 2 unspecified atom stereocenters. The van der Waals surface area contributed by atoms with Crippen molar-refractivity contribution in [2.75, 3.05) is 18.2 Å². The smallest absolute Gasteiger partial charge is 0.248 e. The van der Waals surface area contributed by atoms with Crippen molar-refractivity contribution < 1.29 is 23.1 Å². The summed E-state index contributed by atoms with van der Waals surface area (Å²) in [5.41, 5.74) is -0.667. The predicted molar refractivity (Wildman–Crippen MR) is 145 cm³/mol. The summed E-state index contributed by atoms with van der Waals surface area (Å²) in [7, 11) is 0. The molecule has 3 aromatic rings. The van der Waals surface area contributed by atoms with Crippen LogP contribution in [0.25, 0.3) is 0 Å². The molecule has 2 N–H and O–H groups in total. The fourth-order valence-corrected chi connectivity index (χ4v) is 5.84. The van der Waals surface area contributed by atoms with Crippen molar-refractivity contribution in [1.29, 1.82) is 0 Å². The Morgan fingerprint density at radius 3 is 2.39 bits per heavy atom. The minimum atomic E-state index is -1.42. The summed E-state index contributed by atoms with van der Waals surface area (Å²) >= 11 is 1.50. The zero-order chi connectivity index (χ0) is 27.7. The first-order chi connectivity index (χ1) is 18.0. The number of amides is 1. The second-order valence-electron chi connectivity index (χ2n) is 10.6. The molecule has 202 valence electrons. The van der Waals surface area contributed by atoms with Crippen LogP contribution < -0.4 is 10.3 Å². The molecule has 0 saturated carbocycles. The van der Waals surface area contributed by atoms with Gasteiger partial charge < -0.3 is 10.4 Å². The van der Waals surface area contributed by atoms with Gasteiger partial charge in [0.05, 0.1) is 17.3 Å². The number of benzene rings is 2. The molecular formula is C29H32F3N3O2S. The van der Waals surface area contributed by atoms with Crippen LogP contribution in [0.5, 0.6) is 0 Å². The number of halogens is 3. The number of carbonyl (C=O) groups excluding carboxylic acids is 1. The maximum absolute atomic E-state index is 15.1. The molecule has 2 aromatic carbocycles. The van der Waals surface area contributed by atoms with E-state index in [1.807, 2.05) is 32.9 Å². The Kier molecular flexibility index (Phi) is 7.99. The number of aliphatic hydroxyl groups excluding tert-OH is 1. The van der Waals surface area contributed by atoms with Gasteiger partial charge in [-0.2, -0.15) is 5.10 Å². The highest BCUT2D eigenvalue weighted by Crippen LogP contribution is 2.47. The van der Waals surface area contributed by atoms with Gasteiger partial charge in [0.15, 0.2) is 11.4 Å². The number of thiophene rings is 1. The van der Waals surface area contributed by atoms with E-state index in [2.05, 4.69) is 5.32 Å². The largest absolute Gasteiger partial charge is 0.396 e. The van der Waals surface area contributed by atoms with Crippen LogP contribution in [0.15, 0.2) is 59.7 Å². The van der Waals surface area contributed by atoms with Crippen molar-refractivity contribution in [3.63, 3.8) is 0 Å². The molecule has 9 heteroatoms. The fourth-order valence-electron chi connectivity index (χ4n) is 4.73. The highest BCUT2D eigenvalue weighted by atomic mass is 32.1. The van der Waals surface area contributed by atoms with E-state index in [0.717, 1.165) is 21.9 Å². The average molecular weight is 544 g/mol. The Labute approximate surface area is 225 Å². The molecule has 38 heavy (non-hydrogen) atoms. The fraction of sp³-hybridized carbons (Fsp3) is 0.379. The minimum absolute atomic E-state index is 0.0327. The molecule has 2 atom stereocenters. The number of aliphatic hydroxyl groups is 1. The summed E-state index contributed by atoms with van der Waals surface area (Å²) in [5.74, 6) is -3.00. The summed E-state index contributed by atoms with van der Waals surface area (Å²) in [4.78, 5) is 15.9. The van der Waals surface area contributed by atoms with E-state index >= 15 is 4.39 Å². The van der Waals surface area contributed by atoms with Gasteiger partial charge in [-0.3, -0.25) is 4.79 Å². The average Bonchev–Trinajstić information content (AvgIpc) is 3.43. The zero-order valence-corrected chi connectivity index (χ0v) is 22.7. The number of nitrogens with zero attached hydrogens (tertiary/aromatic N) is 2. The van der Waals surface area contributed by atoms with Gasteiger partial charge in [0.1, 0.15) is 11.6 Å². The number of carbonyl (C=O) groups is 1. The summed E-state index contributed by atoms with van der Waals surface area (Å²) in [6, 6.07) is 12.8. The molecule has 0 fully saturated rings. The lowest BCUT2D eigenvalue weighted by molar-refractivity contribution is -0.126. The van der Waals surface area contributed by atoms with Crippen LogP contribution in [-0.2, 0) is 4.79 Å². The molecule has 1 amide bonds. The number of hydrazone groups is 1. The van der Waals surface area contributed by atoms with Crippen LogP contribution >= 0.6 is 11.3 Å². The van der Waals surface area contributed by atoms with Crippen molar-refractivity contribution in [3.8, 4) is 0 Å². The minimum Gasteiger partial charge on any atom is -0.396 e. The van der Waals surface area contributed by atoms with Crippen LogP contribution in [0.2, 0.25) is 0 Å². The van der Waals surface area contributed by atoms with E-state index in [4.69, 9.17) is 5.10 Å². The normalized spacial score (nSPS) is 19.5. The van der Waals surface area contributed by atoms with E-state index in [9.17, 15) is 18.7 Å². The van der Waals surface area contributed by atoms with Crippen molar-refractivity contribution in [1.82, 2.24) is 5.32 Å². The number of aryl methyl sites for hydroxylation is 1. The first-order valence-electron chi connectivity index (χ1n) is 12.5. The van der Waals surface area contributed by atoms with Gasteiger partial charge in [-0.15, -0.1) is 11.3 Å². The van der Waals surface area contributed by atoms with Crippen LogP contribution in [-0.4, -0.2) is 35.4 Å². The maximum Gasteiger partial charge on any atom is 0.248 e. The summed E-state index contributed by atoms with van der Waals surface area (Å²) < 4.78 is 42.7. The Balaban J connectivity index is 1.80. The van der Waals surface area contributed by atoms with Gasteiger partial charge in [-0.1, -0.05) is 26.0 Å². The number of nitrogens with one attached hydrogen (secondary N) is 1. The topological polar surface area (TPSA) is 64.9 Å². The molecule has 1 aliphatic heterocycles. The van der Waals surface area contributed by atoms with E-state index < -0.39 is 28.9 Å². The summed E-state index contributed by atoms with van der Waals surface area (Å²) in [6.07, 6.45) is 1.33. The van der Waals surface area contributed by atoms with Crippen molar-refractivity contribution in [2.24, 2.45) is 10.5 Å². The van der Waals surface area contributed by atoms with E-state index in [-0.39, 0.29) is 23.6 Å². The molecule has 4 rings (SSSR count). The number of hydrogen-bond acceptors (Lipinski definition) is 5. The molecule has 0 bridgehead atoms. The number of hydrogen-bond donors (Lipinski definition) is 2. The van der Waals surface area contributed by atoms with Gasteiger partial charge in [0, 0.05) is 29.0 Å². The Bertz CT molecular complexity index is 1340. The van der Waals surface area contributed by atoms with Crippen molar-refractivity contribution in [3.05, 3.63) is 87.4 Å². The molecule has 0 radical (unpaired) electrons. The van der Waals surface area contributed by atoms with Gasteiger partial charge in [-0.05, 0) is 74.1 Å². The number of anilines is 1. The second kappa shape index (κ2) is 10.9. The zero-order valence-electron chi connectivity index (χ0n) is 21.9. The molecule has 0 aliphatic carbocycles. The van der Waals surface area contributed by atoms with Crippen LogP contribution in [0.3, 0.4) is 0 Å². The van der Waals surface area contributed by atoms with Gasteiger partial charge in [-0.25, -0.2) is 18.2 Å². The lowest BCUT2D eigenvalue weighted by Gasteiger charge is -2.37. The lowest BCUT2D eigenvalue weighted by Crippen LogP contribution is -2.57. The summed E-state index contributed by atoms with van der Waals surface area (Å²) in [5, 5.41) is 18.6. The van der Waals surface area contributed by atoms with E-state index in [1.165, 1.54) is 34.5 Å². The molecule has 1 aromatic heterocycles. The first-order valence-corrected chi connectivity index (χ1v) is 13.3. The maximum atomic E-state index is 15.1. The van der Waals surface area contributed by atoms with Gasteiger partial charge in [0.2, 0.25) is 5.91 Å². The third kappa shape index (κ3) is 5.49. The highest BCUT2D eigenvalue weighted by Gasteiger charge is 2.55. The Hall–Kier alpha value is -3.17. The van der Waals surface area contributed by atoms with E-state index in [0.29, 0.717) is 30.7 Å².